The monoisotopic (exact) mass is 173 g/mol. The topological polar surface area (TPSA) is 12.4 Å². The SMILES string of the molecule is C/N=C1\CC1S[Si](C)(C)C. The summed E-state index contributed by atoms with van der Waals surface area (Å²) < 4.78 is 0. The van der Waals surface area contributed by atoms with Crippen molar-refractivity contribution in [3.63, 3.8) is 0 Å². The van der Waals surface area contributed by atoms with E-state index in [-0.39, 0.29) is 0 Å². The first kappa shape index (κ1) is 8.33. The highest BCUT2D eigenvalue weighted by atomic mass is 32.4. The van der Waals surface area contributed by atoms with Gasteiger partial charge in [-0.1, -0.05) is 19.6 Å². The van der Waals surface area contributed by atoms with Crippen molar-refractivity contribution in [3.05, 3.63) is 0 Å². The summed E-state index contributed by atoms with van der Waals surface area (Å²) in [5.74, 6) is 0. The fourth-order valence-corrected chi connectivity index (χ4v) is 5.47. The molecule has 1 unspecified atom stereocenters. The zero-order chi connectivity index (χ0) is 7.78. The van der Waals surface area contributed by atoms with Crippen LogP contribution >= 0.6 is 11.2 Å². The van der Waals surface area contributed by atoms with Crippen molar-refractivity contribution >= 4 is 24.1 Å². The molecule has 0 N–H and O–H groups in total. The lowest BCUT2D eigenvalue weighted by Crippen LogP contribution is -2.15. The van der Waals surface area contributed by atoms with Gasteiger partial charge in [-0.2, -0.15) is 11.2 Å². The lowest BCUT2D eigenvalue weighted by molar-refractivity contribution is 1.46. The molecule has 58 valence electrons. The van der Waals surface area contributed by atoms with Gasteiger partial charge < -0.3 is 0 Å². The van der Waals surface area contributed by atoms with Crippen LogP contribution in [0.2, 0.25) is 19.6 Å². The van der Waals surface area contributed by atoms with Gasteiger partial charge in [0.05, 0.1) is 0 Å². The van der Waals surface area contributed by atoms with Gasteiger partial charge in [-0.25, -0.2) is 0 Å². The molecule has 1 aliphatic rings. The standard InChI is InChI=1S/C7H15NSSi/c1-8-6-5-7(6)9-10(2,3)4/h7H,5H2,1-4H3/b8-6+. The van der Waals surface area contributed by atoms with E-state index in [0.29, 0.717) is 0 Å². The molecule has 3 heteroatoms. The minimum atomic E-state index is -0.880. The highest BCUT2D eigenvalue weighted by molar-refractivity contribution is 8.29. The molecule has 0 aromatic heterocycles. The Morgan fingerprint density at radius 3 is 2.40 bits per heavy atom. The summed E-state index contributed by atoms with van der Waals surface area (Å²) in [7, 11) is 1.02. The molecule has 0 aromatic carbocycles. The normalized spacial score (nSPS) is 29.2. The summed E-state index contributed by atoms with van der Waals surface area (Å²) in [5, 5.41) is 0.802. The average molecular weight is 173 g/mol. The third kappa shape index (κ3) is 2.46. The molecular formula is C7H15NSSi. The molecule has 1 nitrogen and oxygen atoms in total. The smallest absolute Gasteiger partial charge is 0.109 e. The summed E-state index contributed by atoms with van der Waals surface area (Å²) in [4.78, 5) is 4.18. The maximum Gasteiger partial charge on any atom is 0.109 e. The van der Waals surface area contributed by atoms with Crippen molar-refractivity contribution in [2.24, 2.45) is 4.99 Å². The van der Waals surface area contributed by atoms with Crippen LogP contribution in [-0.2, 0) is 0 Å². The molecule has 1 aliphatic carbocycles. The molecule has 1 fully saturated rings. The van der Waals surface area contributed by atoms with Gasteiger partial charge >= 0.3 is 0 Å². The predicted molar refractivity (Wildman–Crippen MR) is 52.7 cm³/mol. The summed E-state index contributed by atoms with van der Waals surface area (Å²) in [6.45, 7) is 7.18. The van der Waals surface area contributed by atoms with Crippen LogP contribution in [0.15, 0.2) is 4.99 Å². The van der Waals surface area contributed by atoms with Crippen LogP contribution < -0.4 is 0 Å². The largest absolute Gasteiger partial charge is 0.296 e. The molecular weight excluding hydrogens is 158 g/mol. The molecule has 10 heavy (non-hydrogen) atoms. The first-order chi connectivity index (χ1) is 4.53. The Labute approximate surface area is 68.0 Å². The number of rotatable bonds is 2. The minimum Gasteiger partial charge on any atom is -0.296 e. The van der Waals surface area contributed by atoms with Gasteiger partial charge in [0.2, 0.25) is 0 Å². The zero-order valence-electron chi connectivity index (χ0n) is 7.14. The highest BCUT2D eigenvalue weighted by Gasteiger charge is 2.35. The Morgan fingerprint density at radius 2 is 2.10 bits per heavy atom. The second-order valence-electron chi connectivity index (χ2n) is 3.64. The Morgan fingerprint density at radius 1 is 1.50 bits per heavy atom. The third-order valence-corrected chi connectivity index (χ3v) is 5.79. The maximum atomic E-state index is 4.18. The number of nitrogens with zero attached hydrogens (tertiary/aromatic N) is 1. The van der Waals surface area contributed by atoms with E-state index >= 15 is 0 Å². The van der Waals surface area contributed by atoms with Crippen molar-refractivity contribution < 1.29 is 0 Å². The zero-order valence-corrected chi connectivity index (χ0v) is 8.96. The van der Waals surface area contributed by atoms with E-state index in [9.17, 15) is 0 Å². The van der Waals surface area contributed by atoms with Crippen molar-refractivity contribution in [3.8, 4) is 0 Å². The second kappa shape index (κ2) is 2.70. The average Bonchev–Trinajstić information content (AvgIpc) is 2.42. The molecule has 1 rings (SSSR count). The van der Waals surface area contributed by atoms with Crippen molar-refractivity contribution in [1.29, 1.82) is 0 Å². The molecule has 0 spiro atoms. The fourth-order valence-electron chi connectivity index (χ4n) is 0.903. The Balaban J connectivity index is 2.31. The molecule has 0 aliphatic heterocycles. The molecule has 0 amide bonds. The van der Waals surface area contributed by atoms with Gasteiger partial charge in [-0.15, -0.1) is 0 Å². The predicted octanol–water partition coefficient (Wildman–Crippen LogP) is 2.40. The van der Waals surface area contributed by atoms with E-state index in [4.69, 9.17) is 0 Å². The van der Waals surface area contributed by atoms with E-state index < -0.39 is 7.22 Å². The first-order valence-corrected chi connectivity index (χ1v) is 8.77. The molecule has 0 heterocycles. The van der Waals surface area contributed by atoms with Gasteiger partial charge in [0.25, 0.3) is 0 Å². The molecule has 0 radical (unpaired) electrons. The first-order valence-electron chi connectivity index (χ1n) is 3.66. The van der Waals surface area contributed by atoms with Gasteiger partial charge in [0.1, 0.15) is 7.22 Å². The van der Waals surface area contributed by atoms with Crippen LogP contribution in [0.1, 0.15) is 6.42 Å². The van der Waals surface area contributed by atoms with Gasteiger partial charge in [-0.3, -0.25) is 4.99 Å². The van der Waals surface area contributed by atoms with E-state index in [1.807, 2.05) is 7.05 Å². The summed E-state index contributed by atoms with van der Waals surface area (Å²) in [5.41, 5.74) is 1.42. The number of aliphatic imine (C=N–C) groups is 1. The summed E-state index contributed by atoms with van der Waals surface area (Å²) >= 11 is 2.16. The van der Waals surface area contributed by atoms with E-state index in [1.54, 1.807) is 0 Å². The lowest BCUT2D eigenvalue weighted by Gasteiger charge is -2.12. The van der Waals surface area contributed by atoms with Gasteiger partial charge in [0.15, 0.2) is 0 Å². The maximum absolute atomic E-state index is 4.18. The van der Waals surface area contributed by atoms with Crippen molar-refractivity contribution in [2.45, 2.75) is 31.3 Å². The van der Waals surface area contributed by atoms with Crippen molar-refractivity contribution in [2.75, 3.05) is 7.05 Å². The Kier molecular flexibility index (Phi) is 2.25. The molecule has 1 atom stereocenters. The molecule has 1 saturated carbocycles. The van der Waals surface area contributed by atoms with Crippen LogP contribution in [0.4, 0.5) is 0 Å². The minimum absolute atomic E-state index is 0.802. The highest BCUT2D eigenvalue weighted by Crippen LogP contribution is 2.37. The Bertz CT molecular complexity index is 159. The molecule has 0 saturated heterocycles. The number of hydrogen-bond donors (Lipinski definition) is 0. The summed E-state index contributed by atoms with van der Waals surface area (Å²) in [6.07, 6.45) is 1.26. The summed E-state index contributed by atoms with van der Waals surface area (Å²) in [6, 6.07) is 0. The fraction of sp³-hybridized carbons (Fsp3) is 0.857. The van der Waals surface area contributed by atoms with Crippen LogP contribution in [0.3, 0.4) is 0 Å². The van der Waals surface area contributed by atoms with E-state index in [2.05, 4.69) is 35.8 Å². The van der Waals surface area contributed by atoms with Crippen LogP contribution in [0, 0.1) is 0 Å². The van der Waals surface area contributed by atoms with Crippen molar-refractivity contribution in [1.82, 2.24) is 0 Å². The van der Waals surface area contributed by atoms with Gasteiger partial charge in [-0.05, 0) is 0 Å². The Hall–Kier alpha value is 0.237. The quantitative estimate of drug-likeness (QED) is 0.584. The van der Waals surface area contributed by atoms with Crippen LogP contribution in [0.25, 0.3) is 0 Å². The van der Waals surface area contributed by atoms with Crippen LogP contribution in [-0.4, -0.2) is 25.2 Å². The lowest BCUT2D eigenvalue weighted by atomic mass is 10.9. The van der Waals surface area contributed by atoms with Gasteiger partial charge in [0, 0.05) is 24.4 Å². The molecule has 0 aromatic rings. The molecule has 0 bridgehead atoms. The van der Waals surface area contributed by atoms with E-state index in [1.165, 1.54) is 12.1 Å². The second-order valence-corrected chi connectivity index (χ2v) is 13.0. The third-order valence-electron chi connectivity index (χ3n) is 1.39. The number of hydrogen-bond acceptors (Lipinski definition) is 2. The van der Waals surface area contributed by atoms with Crippen LogP contribution in [0.5, 0.6) is 0 Å². The van der Waals surface area contributed by atoms with E-state index in [0.717, 1.165) is 5.25 Å².